The predicted octanol–water partition coefficient (Wildman–Crippen LogP) is 1.71. The van der Waals surface area contributed by atoms with E-state index in [9.17, 15) is 14.4 Å². The normalized spacial score (nSPS) is 23.8. The molecule has 130 valence electrons. The zero-order valence-corrected chi connectivity index (χ0v) is 13.9. The van der Waals surface area contributed by atoms with Crippen molar-refractivity contribution < 1.29 is 38.1 Å². The van der Waals surface area contributed by atoms with Gasteiger partial charge in [-0.1, -0.05) is 0 Å². The largest absolute Gasteiger partial charge is 0.511 e. The highest BCUT2D eigenvalue weighted by molar-refractivity contribution is 5.67. The van der Waals surface area contributed by atoms with Gasteiger partial charge in [0.1, 0.15) is 24.4 Å². The molecule has 0 bridgehead atoms. The summed E-state index contributed by atoms with van der Waals surface area (Å²) in [6.07, 6.45) is -0.539. The Morgan fingerprint density at radius 2 is 1.70 bits per heavy atom. The average Bonchev–Trinajstić information content (AvgIpc) is 2.35. The van der Waals surface area contributed by atoms with Crippen LogP contribution < -0.4 is 0 Å². The van der Waals surface area contributed by atoms with Gasteiger partial charge in [0.15, 0.2) is 0 Å². The fourth-order valence-electron chi connectivity index (χ4n) is 1.70. The van der Waals surface area contributed by atoms with Gasteiger partial charge in [-0.2, -0.15) is 0 Å². The van der Waals surface area contributed by atoms with Crippen molar-refractivity contribution in [3.05, 3.63) is 12.2 Å². The highest BCUT2D eigenvalue weighted by Crippen LogP contribution is 2.19. The number of carbonyl (C=O) groups excluding carboxylic acids is 3. The van der Waals surface area contributed by atoms with Crippen molar-refractivity contribution in [3.63, 3.8) is 0 Å². The van der Waals surface area contributed by atoms with E-state index >= 15 is 0 Å². The van der Waals surface area contributed by atoms with Crippen molar-refractivity contribution >= 4 is 18.1 Å². The van der Waals surface area contributed by atoms with Crippen LogP contribution in [0.25, 0.3) is 0 Å². The van der Waals surface area contributed by atoms with E-state index in [1.54, 1.807) is 20.8 Å². The number of hydrogen-bond acceptors (Lipinski definition) is 8. The first-order valence-corrected chi connectivity index (χ1v) is 7.11. The lowest BCUT2D eigenvalue weighted by Gasteiger charge is -2.31. The molecule has 8 heteroatoms. The van der Waals surface area contributed by atoms with E-state index in [-0.39, 0.29) is 6.61 Å². The molecule has 1 aliphatic heterocycles. The van der Waals surface area contributed by atoms with E-state index in [0.717, 1.165) is 0 Å². The molecular formula is C15H22O8. The maximum atomic E-state index is 11.6. The molecule has 0 aliphatic carbocycles. The van der Waals surface area contributed by atoms with E-state index in [2.05, 4.69) is 0 Å². The van der Waals surface area contributed by atoms with Gasteiger partial charge < -0.3 is 23.7 Å². The smallest absolute Gasteiger partial charge is 0.463 e. The molecule has 0 N–H and O–H groups in total. The van der Waals surface area contributed by atoms with E-state index in [1.165, 1.54) is 26.0 Å². The molecule has 0 aromatic carbocycles. The van der Waals surface area contributed by atoms with Gasteiger partial charge in [-0.25, -0.2) is 4.79 Å². The van der Waals surface area contributed by atoms with Gasteiger partial charge in [-0.3, -0.25) is 9.59 Å². The van der Waals surface area contributed by atoms with Crippen molar-refractivity contribution in [1.29, 1.82) is 0 Å². The van der Waals surface area contributed by atoms with Crippen LogP contribution in [-0.2, 0) is 33.3 Å². The third-order valence-corrected chi connectivity index (χ3v) is 2.49. The number of hydrogen-bond donors (Lipinski definition) is 0. The molecule has 0 amide bonds. The molecule has 0 aromatic heterocycles. The molecule has 0 aromatic rings. The van der Waals surface area contributed by atoms with Gasteiger partial charge >= 0.3 is 18.1 Å². The summed E-state index contributed by atoms with van der Waals surface area (Å²) in [5.41, 5.74) is -0.702. The molecular weight excluding hydrogens is 308 g/mol. The van der Waals surface area contributed by atoms with Crippen molar-refractivity contribution in [2.75, 3.05) is 6.61 Å². The average molecular weight is 330 g/mol. The van der Waals surface area contributed by atoms with E-state index in [4.69, 9.17) is 23.7 Å². The Morgan fingerprint density at radius 3 is 2.22 bits per heavy atom. The molecule has 1 unspecified atom stereocenters. The highest BCUT2D eigenvalue weighted by Gasteiger charge is 2.33. The molecule has 1 heterocycles. The summed E-state index contributed by atoms with van der Waals surface area (Å²) in [6, 6.07) is 0. The highest BCUT2D eigenvalue weighted by atomic mass is 16.8. The van der Waals surface area contributed by atoms with Crippen molar-refractivity contribution in [2.45, 2.75) is 58.7 Å². The van der Waals surface area contributed by atoms with Gasteiger partial charge in [-0.15, -0.1) is 0 Å². The Hall–Kier alpha value is -2.09. The summed E-state index contributed by atoms with van der Waals surface area (Å²) in [5.74, 6) is -1.02. The number of esters is 2. The maximum Gasteiger partial charge on any atom is 0.511 e. The Kier molecular flexibility index (Phi) is 6.56. The van der Waals surface area contributed by atoms with Crippen LogP contribution in [0.2, 0.25) is 0 Å². The lowest BCUT2D eigenvalue weighted by molar-refractivity contribution is -0.190. The summed E-state index contributed by atoms with van der Waals surface area (Å²) in [5, 5.41) is 0. The van der Waals surface area contributed by atoms with Crippen molar-refractivity contribution in [2.24, 2.45) is 0 Å². The molecule has 23 heavy (non-hydrogen) atoms. The Labute approximate surface area is 134 Å². The van der Waals surface area contributed by atoms with Crippen molar-refractivity contribution in [1.82, 2.24) is 0 Å². The second-order valence-corrected chi connectivity index (χ2v) is 5.89. The summed E-state index contributed by atoms with van der Waals surface area (Å²) < 4.78 is 25.4. The first-order valence-electron chi connectivity index (χ1n) is 7.11. The minimum absolute atomic E-state index is 0.147. The van der Waals surface area contributed by atoms with E-state index < -0.39 is 42.2 Å². The summed E-state index contributed by atoms with van der Waals surface area (Å²) in [6.45, 7) is 7.45. The summed E-state index contributed by atoms with van der Waals surface area (Å²) >= 11 is 0. The standard InChI is InChI=1S/C15H22O8/c1-9(16)19-8-12-11(20-10(2)17)6-7-13(21-12)22-14(18)23-15(3,4)5/h6-7,11-13H,8H2,1-5H3/t11-,12+,13?/m0/s1. The first-order chi connectivity index (χ1) is 10.6. The number of carbonyl (C=O) groups is 3. The monoisotopic (exact) mass is 330 g/mol. The molecule has 0 spiro atoms. The lowest BCUT2D eigenvalue weighted by atomic mass is 10.1. The minimum atomic E-state index is -1.03. The first kappa shape index (κ1) is 19.0. The van der Waals surface area contributed by atoms with Gasteiger partial charge in [0.05, 0.1) is 0 Å². The molecule has 0 saturated heterocycles. The molecule has 1 aliphatic rings. The fraction of sp³-hybridized carbons (Fsp3) is 0.667. The molecule has 0 fully saturated rings. The van der Waals surface area contributed by atoms with Crippen LogP contribution in [0.5, 0.6) is 0 Å². The Bertz CT molecular complexity index is 476. The third-order valence-electron chi connectivity index (χ3n) is 2.49. The van der Waals surface area contributed by atoms with Crippen LogP contribution in [0, 0.1) is 0 Å². The zero-order valence-electron chi connectivity index (χ0n) is 13.9. The molecule has 8 nitrogen and oxygen atoms in total. The minimum Gasteiger partial charge on any atom is -0.463 e. The molecule has 1 rings (SSSR count). The Morgan fingerprint density at radius 1 is 1.04 bits per heavy atom. The number of rotatable bonds is 4. The van der Waals surface area contributed by atoms with E-state index in [1.807, 2.05) is 0 Å². The molecule has 3 atom stereocenters. The van der Waals surface area contributed by atoms with Gasteiger partial charge in [0, 0.05) is 13.8 Å². The van der Waals surface area contributed by atoms with Crippen LogP contribution >= 0.6 is 0 Å². The second kappa shape index (κ2) is 7.96. The van der Waals surface area contributed by atoms with E-state index in [0.29, 0.717) is 0 Å². The van der Waals surface area contributed by atoms with Crippen LogP contribution in [0.15, 0.2) is 12.2 Å². The molecule has 0 radical (unpaired) electrons. The SMILES string of the molecule is CC(=O)OC[C@H]1OC(OC(=O)OC(C)(C)C)C=C[C@@H]1OC(C)=O. The van der Waals surface area contributed by atoms with Crippen LogP contribution in [0.3, 0.4) is 0 Å². The quantitative estimate of drug-likeness (QED) is 0.436. The van der Waals surface area contributed by atoms with Crippen LogP contribution in [0.4, 0.5) is 4.79 Å². The molecule has 0 saturated carbocycles. The topological polar surface area (TPSA) is 97.4 Å². The second-order valence-electron chi connectivity index (χ2n) is 5.89. The maximum absolute atomic E-state index is 11.6. The number of ether oxygens (including phenoxy) is 5. The lowest BCUT2D eigenvalue weighted by Crippen LogP contribution is -2.43. The van der Waals surface area contributed by atoms with Crippen molar-refractivity contribution in [3.8, 4) is 0 Å². The predicted molar refractivity (Wildman–Crippen MR) is 77.3 cm³/mol. The summed E-state index contributed by atoms with van der Waals surface area (Å²) in [7, 11) is 0. The van der Waals surface area contributed by atoms with Gasteiger partial charge in [-0.05, 0) is 32.9 Å². The Balaban J connectivity index is 2.68. The summed E-state index contributed by atoms with van der Waals surface area (Å²) in [4.78, 5) is 33.6. The van der Waals surface area contributed by atoms with Gasteiger partial charge in [0.25, 0.3) is 0 Å². The van der Waals surface area contributed by atoms with Crippen LogP contribution in [-0.4, -0.2) is 48.8 Å². The third kappa shape index (κ3) is 7.64. The van der Waals surface area contributed by atoms with Crippen LogP contribution in [0.1, 0.15) is 34.6 Å². The fourth-order valence-corrected chi connectivity index (χ4v) is 1.70. The zero-order chi connectivity index (χ0) is 17.6. The van der Waals surface area contributed by atoms with Gasteiger partial charge in [0.2, 0.25) is 6.29 Å².